The minimum absolute atomic E-state index is 0.0271. The number of imide groups is 1. The van der Waals surface area contributed by atoms with Crippen LogP contribution in [-0.4, -0.2) is 21.0 Å². The molecule has 0 unspecified atom stereocenters. The van der Waals surface area contributed by atoms with Crippen LogP contribution in [0.2, 0.25) is 5.02 Å². The largest absolute Gasteiger partial charge is 0.457 e. The summed E-state index contributed by atoms with van der Waals surface area (Å²) in [4.78, 5) is 37.0. The van der Waals surface area contributed by atoms with Gasteiger partial charge in [-0.3, -0.25) is 24.6 Å². The third kappa shape index (κ3) is 4.43. The fraction of sp³-hybridized carbons (Fsp3) is 0.0476. The summed E-state index contributed by atoms with van der Waals surface area (Å²) in [7, 11) is 0. The van der Waals surface area contributed by atoms with Crippen LogP contribution in [0.25, 0.3) is 17.4 Å². The van der Waals surface area contributed by atoms with Crippen LogP contribution >= 0.6 is 39.3 Å². The van der Waals surface area contributed by atoms with E-state index in [0.29, 0.717) is 17.1 Å². The molecule has 0 saturated carbocycles. The maximum Gasteiger partial charge on any atom is 0.293 e. The van der Waals surface area contributed by atoms with Crippen molar-refractivity contribution >= 4 is 62.2 Å². The highest BCUT2D eigenvalue weighted by Gasteiger charge is 2.35. The monoisotopic (exact) mass is 518 g/mol. The van der Waals surface area contributed by atoms with E-state index in [1.807, 2.05) is 24.3 Å². The zero-order valence-corrected chi connectivity index (χ0v) is 18.7. The van der Waals surface area contributed by atoms with E-state index < -0.39 is 10.8 Å². The highest BCUT2D eigenvalue weighted by Crippen LogP contribution is 2.36. The lowest BCUT2D eigenvalue weighted by atomic mass is 10.1. The van der Waals surface area contributed by atoms with Crippen LogP contribution in [0.1, 0.15) is 11.3 Å². The van der Waals surface area contributed by atoms with E-state index in [0.717, 1.165) is 21.8 Å². The van der Waals surface area contributed by atoms with Crippen LogP contribution in [0, 0.1) is 10.1 Å². The van der Waals surface area contributed by atoms with Gasteiger partial charge >= 0.3 is 0 Å². The summed E-state index contributed by atoms with van der Waals surface area (Å²) >= 11 is 10.1. The standard InChI is InChI=1S/C21H12BrClN2O5S/c22-15-4-2-1-3-13(15)11-24-20(26)19(31-21(24)27)10-14-6-8-18(30-14)12-5-7-16(23)17(9-12)25(28)29/h1-10H,11H2/b19-10+. The number of hydrogen-bond acceptors (Lipinski definition) is 6. The van der Waals surface area contributed by atoms with E-state index in [4.69, 9.17) is 16.0 Å². The van der Waals surface area contributed by atoms with Crippen LogP contribution in [0.5, 0.6) is 0 Å². The van der Waals surface area contributed by atoms with Crippen LogP contribution in [0.3, 0.4) is 0 Å². The minimum Gasteiger partial charge on any atom is -0.457 e. The second-order valence-corrected chi connectivity index (χ2v) is 8.74. The Morgan fingerprint density at radius 2 is 1.94 bits per heavy atom. The van der Waals surface area contributed by atoms with Crippen molar-refractivity contribution in [3.8, 4) is 11.3 Å². The minimum atomic E-state index is -0.573. The first-order chi connectivity index (χ1) is 14.8. The molecule has 2 aromatic carbocycles. The van der Waals surface area contributed by atoms with Crippen molar-refractivity contribution in [2.24, 2.45) is 0 Å². The molecule has 31 heavy (non-hydrogen) atoms. The molecule has 0 atom stereocenters. The van der Waals surface area contributed by atoms with Gasteiger partial charge in [-0.15, -0.1) is 0 Å². The molecule has 0 aliphatic carbocycles. The first-order valence-electron chi connectivity index (χ1n) is 8.86. The summed E-state index contributed by atoms with van der Waals surface area (Å²) in [5.41, 5.74) is 1.05. The first-order valence-corrected chi connectivity index (χ1v) is 10.8. The molecule has 0 bridgehead atoms. The van der Waals surface area contributed by atoms with Crippen LogP contribution in [-0.2, 0) is 11.3 Å². The Kier molecular flexibility index (Phi) is 5.99. The average molecular weight is 520 g/mol. The number of carbonyl (C=O) groups excluding carboxylic acids is 2. The summed E-state index contributed by atoms with van der Waals surface area (Å²) in [5, 5.41) is 10.8. The first kappa shape index (κ1) is 21.4. The topological polar surface area (TPSA) is 93.7 Å². The fourth-order valence-corrected chi connectivity index (χ4v) is 4.37. The summed E-state index contributed by atoms with van der Waals surface area (Å²) in [6.45, 7) is 0.154. The van der Waals surface area contributed by atoms with Crippen molar-refractivity contribution in [3.63, 3.8) is 0 Å². The van der Waals surface area contributed by atoms with Gasteiger partial charge in [0.2, 0.25) is 0 Å². The van der Waals surface area contributed by atoms with Crippen LogP contribution < -0.4 is 0 Å². The predicted molar refractivity (Wildman–Crippen MR) is 121 cm³/mol. The van der Waals surface area contributed by atoms with E-state index in [-0.39, 0.29) is 27.4 Å². The smallest absolute Gasteiger partial charge is 0.293 e. The third-order valence-electron chi connectivity index (χ3n) is 4.49. The van der Waals surface area contributed by atoms with E-state index in [1.165, 1.54) is 23.1 Å². The van der Waals surface area contributed by atoms with Crippen molar-refractivity contribution in [1.29, 1.82) is 0 Å². The Morgan fingerprint density at radius 1 is 1.16 bits per heavy atom. The highest BCUT2D eigenvalue weighted by atomic mass is 79.9. The molecule has 7 nitrogen and oxygen atoms in total. The molecular formula is C21H12BrClN2O5S. The van der Waals surface area contributed by atoms with Gasteiger partial charge in [0.25, 0.3) is 16.8 Å². The van der Waals surface area contributed by atoms with Gasteiger partial charge in [-0.1, -0.05) is 45.7 Å². The van der Waals surface area contributed by atoms with Crippen molar-refractivity contribution in [2.75, 3.05) is 0 Å². The zero-order chi connectivity index (χ0) is 22.1. The number of carbonyl (C=O) groups is 2. The average Bonchev–Trinajstić information content (AvgIpc) is 3.30. The molecule has 0 radical (unpaired) electrons. The van der Waals surface area contributed by atoms with Crippen molar-refractivity contribution < 1.29 is 18.9 Å². The Bertz CT molecular complexity index is 1260. The Balaban J connectivity index is 1.56. The summed E-state index contributed by atoms with van der Waals surface area (Å²) < 4.78 is 6.53. The molecular weight excluding hydrogens is 508 g/mol. The normalized spacial score (nSPS) is 15.2. The highest BCUT2D eigenvalue weighted by molar-refractivity contribution is 9.10. The van der Waals surface area contributed by atoms with Crippen molar-refractivity contribution in [2.45, 2.75) is 6.54 Å². The maximum atomic E-state index is 12.7. The number of furan rings is 1. The molecule has 156 valence electrons. The number of amides is 2. The zero-order valence-electron chi connectivity index (χ0n) is 15.6. The van der Waals surface area contributed by atoms with Crippen LogP contribution in [0.15, 0.2) is 68.4 Å². The number of nitrogens with zero attached hydrogens (tertiary/aromatic N) is 2. The number of nitro groups is 1. The third-order valence-corrected chi connectivity index (χ3v) is 6.49. The molecule has 3 aromatic rings. The second kappa shape index (κ2) is 8.70. The molecule has 1 aromatic heterocycles. The molecule has 10 heteroatoms. The Hall–Kier alpha value is -2.88. The lowest BCUT2D eigenvalue weighted by molar-refractivity contribution is -0.384. The van der Waals surface area contributed by atoms with Gasteiger partial charge in [0.1, 0.15) is 16.5 Å². The quantitative estimate of drug-likeness (QED) is 0.217. The SMILES string of the molecule is O=C1S/C(=C/c2ccc(-c3ccc(Cl)c([N+](=O)[O-])c3)o2)C(=O)N1Cc1ccccc1Br. The number of rotatable bonds is 5. The number of halogens is 2. The fourth-order valence-electron chi connectivity index (χ4n) is 2.95. The van der Waals surface area contributed by atoms with Gasteiger partial charge in [0.05, 0.1) is 16.4 Å². The molecule has 4 rings (SSSR count). The second-order valence-electron chi connectivity index (χ2n) is 6.48. The molecule has 1 aliphatic heterocycles. The van der Waals surface area contributed by atoms with E-state index in [9.17, 15) is 19.7 Å². The van der Waals surface area contributed by atoms with E-state index in [1.54, 1.807) is 18.2 Å². The van der Waals surface area contributed by atoms with E-state index in [2.05, 4.69) is 15.9 Å². The number of thioether (sulfide) groups is 1. The van der Waals surface area contributed by atoms with Gasteiger partial charge in [0.15, 0.2) is 0 Å². The molecule has 0 N–H and O–H groups in total. The molecule has 1 aliphatic rings. The number of nitro benzene ring substituents is 1. The number of hydrogen-bond donors (Lipinski definition) is 0. The maximum absolute atomic E-state index is 12.7. The molecule has 1 saturated heterocycles. The lowest BCUT2D eigenvalue weighted by Crippen LogP contribution is -2.27. The van der Waals surface area contributed by atoms with Gasteiger partial charge in [0, 0.05) is 22.2 Å². The van der Waals surface area contributed by atoms with Crippen molar-refractivity contribution in [1.82, 2.24) is 4.90 Å². The lowest BCUT2D eigenvalue weighted by Gasteiger charge is -2.13. The van der Waals surface area contributed by atoms with Gasteiger partial charge < -0.3 is 4.42 Å². The van der Waals surface area contributed by atoms with Crippen molar-refractivity contribution in [3.05, 3.63) is 90.4 Å². The molecule has 2 heterocycles. The molecule has 2 amide bonds. The summed E-state index contributed by atoms with van der Waals surface area (Å²) in [5.74, 6) is 0.309. The number of benzene rings is 2. The summed E-state index contributed by atoms with van der Waals surface area (Å²) in [6, 6.07) is 15.0. The Labute approximate surface area is 193 Å². The van der Waals surface area contributed by atoms with E-state index >= 15 is 0 Å². The van der Waals surface area contributed by atoms with Gasteiger partial charge in [-0.25, -0.2) is 0 Å². The van der Waals surface area contributed by atoms with Gasteiger partial charge in [-0.2, -0.15) is 0 Å². The molecule has 1 fully saturated rings. The molecule has 0 spiro atoms. The predicted octanol–water partition coefficient (Wildman–Crippen LogP) is 6.51. The van der Waals surface area contributed by atoms with Crippen LogP contribution in [0.4, 0.5) is 10.5 Å². The Morgan fingerprint density at radius 3 is 2.68 bits per heavy atom. The summed E-state index contributed by atoms with van der Waals surface area (Å²) in [6.07, 6.45) is 1.48. The van der Waals surface area contributed by atoms with Gasteiger partial charge in [-0.05, 0) is 47.7 Å².